The van der Waals surface area contributed by atoms with E-state index in [1.807, 2.05) is 48.5 Å². The van der Waals surface area contributed by atoms with Crippen LogP contribution in [0.4, 0.5) is 0 Å². The second-order valence-corrected chi connectivity index (χ2v) is 6.94. The molecule has 30 heavy (non-hydrogen) atoms. The number of ether oxygens (including phenoxy) is 1. The Morgan fingerprint density at radius 3 is 2.60 bits per heavy atom. The lowest BCUT2D eigenvalue weighted by atomic mass is 10.1. The van der Waals surface area contributed by atoms with Gasteiger partial charge in [-0.05, 0) is 42.0 Å². The molecule has 4 aromatic heterocycles. The zero-order valence-electron chi connectivity index (χ0n) is 15.9. The van der Waals surface area contributed by atoms with Crippen LogP contribution in [-0.2, 0) is 11.2 Å². The quantitative estimate of drug-likeness (QED) is 0.468. The van der Waals surface area contributed by atoms with Gasteiger partial charge >= 0.3 is 0 Å². The van der Waals surface area contributed by atoms with Crippen LogP contribution >= 0.6 is 0 Å². The van der Waals surface area contributed by atoms with Crippen molar-refractivity contribution in [2.45, 2.75) is 6.42 Å². The van der Waals surface area contributed by atoms with Crippen LogP contribution in [0, 0.1) is 0 Å². The van der Waals surface area contributed by atoms with E-state index < -0.39 is 0 Å². The average Bonchev–Trinajstić information content (AvgIpc) is 3.13. The van der Waals surface area contributed by atoms with E-state index in [-0.39, 0.29) is 12.3 Å². The predicted octanol–water partition coefficient (Wildman–Crippen LogP) is 3.99. The first-order valence-electron chi connectivity index (χ1n) is 9.39. The van der Waals surface area contributed by atoms with Crippen molar-refractivity contribution in [1.82, 2.24) is 19.9 Å². The number of rotatable bonds is 5. The van der Waals surface area contributed by atoms with E-state index in [0.29, 0.717) is 11.5 Å². The maximum Gasteiger partial charge on any atom is 0.221 e. The van der Waals surface area contributed by atoms with Gasteiger partial charge in [-0.2, -0.15) is 0 Å². The highest BCUT2D eigenvalue weighted by molar-refractivity contribution is 6.07. The summed E-state index contributed by atoms with van der Waals surface area (Å²) in [6.07, 6.45) is 7.21. The van der Waals surface area contributed by atoms with E-state index in [1.165, 1.54) is 0 Å². The molecule has 1 aromatic carbocycles. The van der Waals surface area contributed by atoms with Gasteiger partial charge in [0.15, 0.2) is 0 Å². The highest BCUT2D eigenvalue weighted by atomic mass is 16.5. The van der Waals surface area contributed by atoms with Crippen molar-refractivity contribution in [2.24, 2.45) is 5.73 Å². The second kappa shape index (κ2) is 7.29. The van der Waals surface area contributed by atoms with Gasteiger partial charge in [0.05, 0.1) is 30.0 Å². The van der Waals surface area contributed by atoms with E-state index in [1.54, 1.807) is 24.8 Å². The fourth-order valence-electron chi connectivity index (χ4n) is 3.40. The Bertz CT molecular complexity index is 1360. The van der Waals surface area contributed by atoms with Gasteiger partial charge in [0.2, 0.25) is 5.91 Å². The minimum absolute atomic E-state index is 0.205. The lowest BCUT2D eigenvalue weighted by Crippen LogP contribution is -2.13. The van der Waals surface area contributed by atoms with Crippen LogP contribution < -0.4 is 10.5 Å². The summed E-state index contributed by atoms with van der Waals surface area (Å²) in [5, 5.41) is 1.95. The van der Waals surface area contributed by atoms with Crippen LogP contribution in [0.25, 0.3) is 33.2 Å². The predicted molar refractivity (Wildman–Crippen MR) is 114 cm³/mol. The normalized spacial score (nSPS) is 11.1. The Morgan fingerprint density at radius 2 is 1.83 bits per heavy atom. The largest absolute Gasteiger partial charge is 0.456 e. The first-order valence-corrected chi connectivity index (χ1v) is 9.39. The first-order chi connectivity index (χ1) is 14.7. The van der Waals surface area contributed by atoms with E-state index in [9.17, 15) is 4.79 Å². The molecule has 7 heteroatoms. The number of carbonyl (C=O) groups excluding carboxylic acids is 1. The zero-order valence-corrected chi connectivity index (χ0v) is 15.9. The van der Waals surface area contributed by atoms with E-state index in [4.69, 9.17) is 10.5 Å². The molecule has 0 radical (unpaired) electrons. The van der Waals surface area contributed by atoms with Crippen molar-refractivity contribution in [1.29, 1.82) is 0 Å². The molecule has 0 aliphatic heterocycles. The number of fused-ring (bicyclic) bond motifs is 3. The number of pyridine rings is 3. The number of nitrogens with one attached hydrogen (secondary N) is 1. The van der Waals surface area contributed by atoms with Gasteiger partial charge in [0.1, 0.15) is 17.1 Å². The number of H-pyrrole nitrogens is 1. The number of carbonyl (C=O) groups is 1. The Kier molecular flexibility index (Phi) is 4.33. The summed E-state index contributed by atoms with van der Waals surface area (Å²) in [5.41, 5.74) is 9.53. The fourth-order valence-corrected chi connectivity index (χ4v) is 3.40. The third-order valence-corrected chi connectivity index (χ3v) is 4.80. The second-order valence-electron chi connectivity index (χ2n) is 6.94. The summed E-state index contributed by atoms with van der Waals surface area (Å²) in [5.74, 6) is 0.908. The Labute approximate surface area is 171 Å². The monoisotopic (exact) mass is 395 g/mol. The van der Waals surface area contributed by atoms with E-state index >= 15 is 0 Å². The van der Waals surface area contributed by atoms with Crippen molar-refractivity contribution < 1.29 is 9.53 Å². The molecule has 0 bridgehead atoms. The van der Waals surface area contributed by atoms with Crippen molar-refractivity contribution in [3.05, 3.63) is 78.9 Å². The molecule has 0 aliphatic carbocycles. The first kappa shape index (κ1) is 17.8. The third-order valence-electron chi connectivity index (χ3n) is 4.80. The SMILES string of the molecule is NC(=O)Cc1ccc(Oc2cnc3[nH]c4cnc(-c5cccnc5)cc4c3c2)cc1. The molecule has 0 saturated carbocycles. The maximum atomic E-state index is 11.0. The van der Waals surface area contributed by atoms with Gasteiger partial charge in [-0.3, -0.25) is 14.8 Å². The third kappa shape index (κ3) is 3.44. The molecule has 7 nitrogen and oxygen atoms in total. The smallest absolute Gasteiger partial charge is 0.221 e. The summed E-state index contributed by atoms with van der Waals surface area (Å²) < 4.78 is 5.96. The summed E-state index contributed by atoms with van der Waals surface area (Å²) in [6.45, 7) is 0. The molecule has 0 atom stereocenters. The number of aromatic amines is 1. The number of nitrogens with two attached hydrogens (primary N) is 1. The highest BCUT2D eigenvalue weighted by Crippen LogP contribution is 2.31. The molecule has 3 N–H and O–H groups in total. The molecule has 0 unspecified atom stereocenters. The van der Waals surface area contributed by atoms with Crippen molar-refractivity contribution >= 4 is 27.8 Å². The van der Waals surface area contributed by atoms with Crippen LogP contribution in [0.5, 0.6) is 11.5 Å². The van der Waals surface area contributed by atoms with Crippen LogP contribution in [-0.4, -0.2) is 25.8 Å². The molecule has 0 saturated heterocycles. The number of nitrogens with zero attached hydrogens (tertiary/aromatic N) is 3. The summed E-state index contributed by atoms with van der Waals surface area (Å²) in [7, 11) is 0. The minimum atomic E-state index is -0.363. The number of amides is 1. The Morgan fingerprint density at radius 1 is 0.967 bits per heavy atom. The van der Waals surface area contributed by atoms with Crippen LogP contribution in [0.15, 0.2) is 73.3 Å². The minimum Gasteiger partial charge on any atom is -0.456 e. The molecule has 1 amide bonds. The molecule has 0 aliphatic rings. The standard InChI is InChI=1S/C23H17N5O2/c24-22(29)8-14-3-5-16(6-4-14)30-17-9-19-18-10-20(15-2-1-7-25-11-15)26-13-21(18)28-23(19)27-12-17/h1-7,9-13H,8H2,(H2,24,29)(H,27,28). The van der Waals surface area contributed by atoms with Gasteiger partial charge in [0, 0.05) is 28.7 Å². The molecule has 146 valence electrons. The van der Waals surface area contributed by atoms with Gasteiger partial charge < -0.3 is 15.5 Å². The number of aromatic nitrogens is 4. The molecule has 0 fully saturated rings. The average molecular weight is 395 g/mol. The molecule has 4 heterocycles. The summed E-state index contributed by atoms with van der Waals surface area (Å²) in [4.78, 5) is 27.5. The van der Waals surface area contributed by atoms with Gasteiger partial charge in [-0.15, -0.1) is 0 Å². The van der Waals surface area contributed by atoms with E-state index in [2.05, 4.69) is 19.9 Å². The lowest BCUT2D eigenvalue weighted by molar-refractivity contribution is -0.117. The number of primary amides is 1. The number of hydrogen-bond donors (Lipinski definition) is 2. The van der Waals surface area contributed by atoms with Crippen LogP contribution in [0.2, 0.25) is 0 Å². The van der Waals surface area contributed by atoms with E-state index in [0.717, 1.165) is 38.8 Å². The van der Waals surface area contributed by atoms with Crippen molar-refractivity contribution in [3.63, 3.8) is 0 Å². The molecular weight excluding hydrogens is 378 g/mol. The maximum absolute atomic E-state index is 11.0. The molecule has 5 aromatic rings. The Balaban J connectivity index is 1.49. The molecule has 0 spiro atoms. The molecular formula is C23H17N5O2. The summed E-state index contributed by atoms with van der Waals surface area (Å²) in [6, 6.07) is 15.1. The van der Waals surface area contributed by atoms with Gasteiger partial charge in [0.25, 0.3) is 0 Å². The molecule has 5 rings (SSSR count). The van der Waals surface area contributed by atoms with Crippen LogP contribution in [0.3, 0.4) is 0 Å². The topological polar surface area (TPSA) is 107 Å². The summed E-state index contributed by atoms with van der Waals surface area (Å²) >= 11 is 0. The Hall–Kier alpha value is -4.26. The van der Waals surface area contributed by atoms with Crippen LogP contribution in [0.1, 0.15) is 5.56 Å². The van der Waals surface area contributed by atoms with Gasteiger partial charge in [-0.1, -0.05) is 12.1 Å². The fraction of sp³-hybridized carbons (Fsp3) is 0.0435. The number of hydrogen-bond acceptors (Lipinski definition) is 5. The number of benzene rings is 1. The lowest BCUT2D eigenvalue weighted by Gasteiger charge is -2.06. The zero-order chi connectivity index (χ0) is 20.5. The van der Waals surface area contributed by atoms with Crippen molar-refractivity contribution in [2.75, 3.05) is 0 Å². The highest BCUT2D eigenvalue weighted by Gasteiger charge is 2.10. The van der Waals surface area contributed by atoms with Gasteiger partial charge in [-0.25, -0.2) is 4.98 Å². The van der Waals surface area contributed by atoms with Crippen molar-refractivity contribution in [3.8, 4) is 22.8 Å².